The molecule has 5 atom stereocenters. The molecule has 17 nitrogen and oxygen atoms in total. The number of hydrogen-bond donors (Lipinski definition) is 3. The average molecular weight is 1520 g/mol. The zero-order valence-electron chi connectivity index (χ0n) is 68.7. The third-order valence-corrected chi connectivity index (χ3v) is 21.7. The second-order valence-corrected chi connectivity index (χ2v) is 35.4. The summed E-state index contributed by atoms with van der Waals surface area (Å²) < 4.78 is 68.8. The number of aliphatic hydroxyl groups is 1. The highest BCUT2D eigenvalue weighted by Gasteiger charge is 2.30. The van der Waals surface area contributed by atoms with Gasteiger partial charge in [0.15, 0.2) is 12.2 Å². The number of carbonyl (C=O) groups is 4. The second-order valence-electron chi connectivity index (χ2n) is 32.5. The number of ether oxygens (including phenoxy) is 4. The maximum absolute atomic E-state index is 13.1. The molecule has 0 aliphatic rings. The Balaban J connectivity index is 5.18. The van der Waals surface area contributed by atoms with Gasteiger partial charge < -0.3 is 33.8 Å². The van der Waals surface area contributed by atoms with Crippen LogP contribution in [0, 0.1) is 23.7 Å². The van der Waals surface area contributed by atoms with Crippen molar-refractivity contribution in [2.45, 2.75) is 459 Å². The maximum atomic E-state index is 13.1. The van der Waals surface area contributed by atoms with Crippen molar-refractivity contribution in [1.82, 2.24) is 0 Å². The molecule has 19 heteroatoms. The Bertz CT molecular complexity index is 2020. The number of phosphoric acid groups is 2. The fourth-order valence-electron chi connectivity index (χ4n) is 13.1. The number of aliphatic hydroxyl groups excluding tert-OH is 1. The highest BCUT2D eigenvalue weighted by atomic mass is 31.2. The van der Waals surface area contributed by atoms with Crippen molar-refractivity contribution in [2.24, 2.45) is 23.7 Å². The largest absolute Gasteiger partial charge is 0.472 e. The number of phosphoric ester groups is 2. The van der Waals surface area contributed by atoms with Gasteiger partial charge >= 0.3 is 39.5 Å². The molecular weight excluding hydrogens is 1350 g/mol. The van der Waals surface area contributed by atoms with E-state index in [9.17, 15) is 43.2 Å². The zero-order valence-corrected chi connectivity index (χ0v) is 70.5. The fraction of sp³-hybridized carbons (Fsp3) is 0.953. The number of carbonyl (C=O) groups excluding carboxylic acids is 4. The van der Waals surface area contributed by atoms with Crippen molar-refractivity contribution in [3.63, 3.8) is 0 Å². The predicted molar refractivity (Wildman–Crippen MR) is 428 cm³/mol. The van der Waals surface area contributed by atoms with Gasteiger partial charge in [0.05, 0.1) is 26.4 Å². The van der Waals surface area contributed by atoms with E-state index in [4.69, 9.17) is 37.0 Å². The smallest absolute Gasteiger partial charge is 0.462 e. The van der Waals surface area contributed by atoms with Gasteiger partial charge in [0.2, 0.25) is 0 Å². The molecule has 0 bridgehead atoms. The standard InChI is InChI=1S/C85H166O17P2/c1-75(2)61-53-45-37-31-25-19-15-11-9-10-12-17-21-28-34-40-49-57-65-82(87)95-71-80(101-84(89)68-60-52-42-36-30-24-23-27-33-39-47-55-63-77(5)6)73-99-103(91,92)97-69-79(86)70-98-104(93,94)100-74-81(72-96-83(88)66-58-50-44-43-48-56-64-78(7)8)102-85(90)67-59-51-41-35-29-22-18-14-13-16-20-26-32-38-46-54-62-76(3)4/h75-81,86H,9-74H2,1-8H3,(H,91,92)(H,93,94)/t79?,80-,81-/m1/s1. The summed E-state index contributed by atoms with van der Waals surface area (Å²) in [6.45, 7) is 14.3. The number of hydrogen-bond acceptors (Lipinski definition) is 15. The van der Waals surface area contributed by atoms with Gasteiger partial charge in [-0.15, -0.1) is 0 Å². The molecule has 0 spiro atoms. The van der Waals surface area contributed by atoms with Crippen molar-refractivity contribution in [2.75, 3.05) is 39.6 Å². The van der Waals surface area contributed by atoms with E-state index in [2.05, 4.69) is 55.4 Å². The molecule has 0 aliphatic carbocycles. The first kappa shape index (κ1) is 102. The van der Waals surface area contributed by atoms with Crippen molar-refractivity contribution in [3.05, 3.63) is 0 Å². The summed E-state index contributed by atoms with van der Waals surface area (Å²) in [6.07, 6.45) is 62.7. The quantitative estimate of drug-likeness (QED) is 0.0222. The predicted octanol–water partition coefficient (Wildman–Crippen LogP) is 25.6. The molecule has 0 aliphatic heterocycles. The average Bonchev–Trinajstić information content (AvgIpc) is 0.911. The Morgan fingerprint density at radius 1 is 0.240 bits per heavy atom. The summed E-state index contributed by atoms with van der Waals surface area (Å²) in [7, 11) is -9.93. The van der Waals surface area contributed by atoms with Crippen LogP contribution in [0.15, 0.2) is 0 Å². The Hall–Kier alpha value is -1.94. The van der Waals surface area contributed by atoms with Crippen molar-refractivity contribution in [3.8, 4) is 0 Å². The fourth-order valence-corrected chi connectivity index (χ4v) is 14.7. The van der Waals surface area contributed by atoms with Gasteiger partial charge in [-0.25, -0.2) is 9.13 Å². The molecule has 0 heterocycles. The molecule has 3 unspecified atom stereocenters. The first-order chi connectivity index (χ1) is 50.1. The summed E-state index contributed by atoms with van der Waals surface area (Å²) in [5.41, 5.74) is 0. The van der Waals surface area contributed by atoms with E-state index in [1.807, 2.05) is 0 Å². The number of unbranched alkanes of at least 4 members (excludes halogenated alkanes) is 48. The van der Waals surface area contributed by atoms with Crippen LogP contribution in [0.5, 0.6) is 0 Å². The summed E-state index contributed by atoms with van der Waals surface area (Å²) in [5.74, 6) is 0.977. The molecule has 0 aromatic carbocycles. The van der Waals surface area contributed by atoms with Crippen molar-refractivity contribution in [1.29, 1.82) is 0 Å². The van der Waals surface area contributed by atoms with Crippen molar-refractivity contribution < 1.29 is 80.2 Å². The van der Waals surface area contributed by atoms with Crippen LogP contribution in [0.4, 0.5) is 0 Å². The van der Waals surface area contributed by atoms with Crippen LogP contribution < -0.4 is 0 Å². The van der Waals surface area contributed by atoms with Crippen LogP contribution >= 0.6 is 15.6 Å². The van der Waals surface area contributed by atoms with Crippen LogP contribution in [0.25, 0.3) is 0 Å². The summed E-state index contributed by atoms with van der Waals surface area (Å²) >= 11 is 0. The Kier molecular flexibility index (Phi) is 72.5. The molecule has 104 heavy (non-hydrogen) atoms. The van der Waals surface area contributed by atoms with E-state index < -0.39 is 97.5 Å². The van der Waals surface area contributed by atoms with Gasteiger partial charge in [-0.05, 0) is 49.4 Å². The molecule has 0 saturated carbocycles. The molecule has 0 rings (SSSR count). The van der Waals surface area contributed by atoms with Gasteiger partial charge in [0.1, 0.15) is 19.3 Å². The van der Waals surface area contributed by atoms with E-state index in [0.717, 1.165) is 114 Å². The van der Waals surface area contributed by atoms with Crippen molar-refractivity contribution >= 4 is 39.5 Å². The van der Waals surface area contributed by atoms with Gasteiger partial charge in [-0.3, -0.25) is 37.3 Å². The van der Waals surface area contributed by atoms with Gasteiger partial charge in [-0.2, -0.15) is 0 Å². The summed E-state index contributed by atoms with van der Waals surface area (Å²) in [6, 6.07) is 0. The molecule has 0 aromatic rings. The Morgan fingerprint density at radius 3 is 0.596 bits per heavy atom. The highest BCUT2D eigenvalue weighted by molar-refractivity contribution is 7.47. The maximum Gasteiger partial charge on any atom is 0.472 e. The highest BCUT2D eigenvalue weighted by Crippen LogP contribution is 2.45. The lowest BCUT2D eigenvalue weighted by molar-refractivity contribution is -0.161. The SMILES string of the molecule is CC(C)CCCCCCCCCCCCCCCCCCCCC(=O)OC[C@H](COP(=O)(O)OCC(O)COP(=O)(O)OC[C@@H](COC(=O)CCCCCCCCC(C)C)OC(=O)CCCCCCCCCCCCCCCCCCC(C)C)OC(=O)CCCCCCCCCCCCCCC(C)C. The monoisotopic (exact) mass is 1520 g/mol. The lowest BCUT2D eigenvalue weighted by Crippen LogP contribution is -2.30. The minimum absolute atomic E-state index is 0.107. The van der Waals surface area contributed by atoms with Gasteiger partial charge in [0.25, 0.3) is 0 Å². The van der Waals surface area contributed by atoms with Crippen LogP contribution in [0.1, 0.15) is 441 Å². The Labute approximate surface area is 638 Å². The van der Waals surface area contributed by atoms with E-state index in [1.165, 1.54) is 238 Å². The third kappa shape index (κ3) is 78.2. The zero-order chi connectivity index (χ0) is 76.7. The molecule has 618 valence electrons. The van der Waals surface area contributed by atoms with Crippen LogP contribution in [-0.4, -0.2) is 96.7 Å². The molecule has 0 aromatic heterocycles. The molecule has 0 saturated heterocycles. The minimum Gasteiger partial charge on any atom is -0.462 e. The van der Waals surface area contributed by atoms with E-state index >= 15 is 0 Å². The molecule has 0 radical (unpaired) electrons. The molecule has 0 amide bonds. The van der Waals surface area contributed by atoms with Gasteiger partial charge in [-0.1, -0.05) is 389 Å². The van der Waals surface area contributed by atoms with E-state index in [-0.39, 0.29) is 25.7 Å². The van der Waals surface area contributed by atoms with Crippen LogP contribution in [0.3, 0.4) is 0 Å². The first-order valence-corrected chi connectivity index (χ1v) is 46.7. The topological polar surface area (TPSA) is 237 Å². The van der Waals surface area contributed by atoms with E-state index in [1.54, 1.807) is 0 Å². The molecule has 0 fully saturated rings. The van der Waals surface area contributed by atoms with Gasteiger partial charge in [0, 0.05) is 25.7 Å². The van der Waals surface area contributed by atoms with Crippen LogP contribution in [0.2, 0.25) is 0 Å². The summed E-state index contributed by atoms with van der Waals surface area (Å²) in [4.78, 5) is 73.1. The first-order valence-electron chi connectivity index (χ1n) is 43.7. The van der Waals surface area contributed by atoms with E-state index in [0.29, 0.717) is 31.6 Å². The third-order valence-electron chi connectivity index (χ3n) is 19.8. The molecule has 3 N–H and O–H groups in total. The normalized spacial score (nSPS) is 14.0. The number of rotatable bonds is 82. The summed E-state index contributed by atoms with van der Waals surface area (Å²) in [5, 5.41) is 10.7. The second kappa shape index (κ2) is 73.8. The Morgan fingerprint density at radius 2 is 0.404 bits per heavy atom. The van der Waals surface area contributed by atoms with Crippen LogP contribution in [-0.2, 0) is 65.4 Å². The lowest BCUT2D eigenvalue weighted by Gasteiger charge is -2.21. The minimum atomic E-state index is -4.96. The number of esters is 4. The molecular formula is C85H166O17P2. The lowest BCUT2D eigenvalue weighted by atomic mass is 10.0.